The van der Waals surface area contributed by atoms with E-state index in [2.05, 4.69) is 0 Å². The van der Waals surface area contributed by atoms with Crippen LogP contribution in [-0.4, -0.2) is 34.5 Å². The minimum absolute atomic E-state index is 0.167. The molecule has 2 unspecified atom stereocenters. The first kappa shape index (κ1) is 12.4. The van der Waals surface area contributed by atoms with E-state index in [0.29, 0.717) is 25.4 Å². The van der Waals surface area contributed by atoms with Crippen LogP contribution < -0.4 is 0 Å². The highest BCUT2D eigenvalue weighted by Crippen LogP contribution is 2.53. The maximum Gasteiger partial charge on any atom is 0.312 e. The van der Waals surface area contributed by atoms with E-state index >= 15 is 0 Å². The molecule has 2 aliphatic carbocycles. The Labute approximate surface area is 107 Å². The quantitative estimate of drug-likeness (QED) is 0.804. The second kappa shape index (κ2) is 4.20. The molecule has 1 heterocycles. The van der Waals surface area contributed by atoms with E-state index in [4.69, 9.17) is 4.74 Å². The minimum atomic E-state index is -0.833. The summed E-state index contributed by atoms with van der Waals surface area (Å²) in [5.41, 5.74) is -1.60. The lowest BCUT2D eigenvalue weighted by Gasteiger charge is -2.36. The Kier molecular flexibility index (Phi) is 2.90. The summed E-state index contributed by atoms with van der Waals surface area (Å²) in [6.07, 6.45) is 6.47. The highest BCUT2D eigenvalue weighted by molar-refractivity contribution is 5.76. The van der Waals surface area contributed by atoms with Gasteiger partial charge in [0, 0.05) is 6.61 Å². The molecule has 3 rings (SSSR count). The van der Waals surface area contributed by atoms with Gasteiger partial charge < -0.3 is 14.9 Å². The predicted molar refractivity (Wildman–Crippen MR) is 65.2 cm³/mol. The smallest absolute Gasteiger partial charge is 0.312 e. The van der Waals surface area contributed by atoms with Gasteiger partial charge >= 0.3 is 5.97 Å². The molecule has 0 radical (unpaired) electrons. The molecule has 0 aromatic rings. The number of carboxylic acid groups (broad SMARTS) is 1. The Hall–Kier alpha value is -0.610. The van der Waals surface area contributed by atoms with Gasteiger partial charge in [-0.3, -0.25) is 4.79 Å². The number of carboxylic acids is 1. The number of aliphatic hydroxyl groups is 1. The van der Waals surface area contributed by atoms with Crippen LogP contribution in [0.2, 0.25) is 0 Å². The van der Waals surface area contributed by atoms with Crippen LogP contribution in [0.15, 0.2) is 0 Å². The third-order valence-corrected chi connectivity index (χ3v) is 5.05. The van der Waals surface area contributed by atoms with Crippen LogP contribution in [0.25, 0.3) is 0 Å². The monoisotopic (exact) mass is 254 g/mol. The van der Waals surface area contributed by atoms with Gasteiger partial charge in [-0.15, -0.1) is 0 Å². The number of hydrogen-bond donors (Lipinski definition) is 2. The molecule has 0 aromatic heterocycles. The zero-order valence-corrected chi connectivity index (χ0v) is 10.7. The van der Waals surface area contributed by atoms with E-state index in [-0.39, 0.29) is 6.10 Å². The van der Waals surface area contributed by atoms with Crippen molar-refractivity contribution >= 4 is 5.97 Å². The van der Waals surface area contributed by atoms with Crippen LogP contribution in [0.4, 0.5) is 0 Å². The molecular formula is C14H22O4. The lowest BCUT2D eigenvalue weighted by molar-refractivity contribution is -0.159. The third kappa shape index (κ3) is 1.95. The van der Waals surface area contributed by atoms with Gasteiger partial charge in [0.1, 0.15) is 0 Å². The van der Waals surface area contributed by atoms with Gasteiger partial charge in [0.05, 0.1) is 17.1 Å². The molecule has 4 nitrogen and oxygen atoms in total. The van der Waals surface area contributed by atoms with Crippen LogP contribution in [0.5, 0.6) is 0 Å². The molecule has 2 atom stereocenters. The predicted octanol–water partition coefficient (Wildman–Crippen LogP) is 1.95. The summed E-state index contributed by atoms with van der Waals surface area (Å²) < 4.78 is 5.72. The Morgan fingerprint density at radius 3 is 2.44 bits per heavy atom. The van der Waals surface area contributed by atoms with E-state index in [1.807, 2.05) is 0 Å². The molecule has 3 aliphatic rings. The number of carbonyl (C=O) groups is 1. The first-order valence-corrected chi connectivity index (χ1v) is 7.13. The summed E-state index contributed by atoms with van der Waals surface area (Å²) >= 11 is 0. The van der Waals surface area contributed by atoms with Crippen molar-refractivity contribution < 1.29 is 19.7 Å². The van der Waals surface area contributed by atoms with Crippen LogP contribution in [0, 0.1) is 11.3 Å². The number of aliphatic carboxylic acids is 1. The summed E-state index contributed by atoms with van der Waals surface area (Å²) in [4.78, 5) is 11.8. The molecule has 18 heavy (non-hydrogen) atoms. The zero-order chi connectivity index (χ0) is 12.8. The first-order valence-electron chi connectivity index (χ1n) is 7.13. The Bertz CT molecular complexity index is 344. The van der Waals surface area contributed by atoms with Crippen molar-refractivity contribution in [1.82, 2.24) is 0 Å². The fraction of sp³-hybridized carbons (Fsp3) is 0.929. The molecule has 4 heteroatoms. The van der Waals surface area contributed by atoms with E-state index in [1.165, 1.54) is 0 Å². The van der Waals surface area contributed by atoms with Crippen molar-refractivity contribution in [1.29, 1.82) is 0 Å². The molecule has 1 aliphatic heterocycles. The van der Waals surface area contributed by atoms with Crippen LogP contribution >= 0.6 is 0 Å². The maximum atomic E-state index is 11.8. The van der Waals surface area contributed by atoms with E-state index in [9.17, 15) is 15.0 Å². The Morgan fingerprint density at radius 1 is 1.22 bits per heavy atom. The molecule has 0 spiro atoms. The zero-order valence-electron chi connectivity index (χ0n) is 10.7. The van der Waals surface area contributed by atoms with Gasteiger partial charge in [-0.25, -0.2) is 0 Å². The third-order valence-electron chi connectivity index (χ3n) is 5.05. The van der Waals surface area contributed by atoms with Crippen molar-refractivity contribution in [3.63, 3.8) is 0 Å². The maximum absolute atomic E-state index is 11.8. The molecule has 0 aromatic carbocycles. The second-order valence-electron chi connectivity index (χ2n) is 6.45. The normalized spacial score (nSPS) is 39.1. The number of rotatable bonds is 4. The lowest BCUT2D eigenvalue weighted by Crippen LogP contribution is -2.46. The lowest BCUT2D eigenvalue weighted by atomic mass is 9.70. The van der Waals surface area contributed by atoms with Crippen molar-refractivity contribution in [3.05, 3.63) is 0 Å². The standard InChI is InChI=1S/C14H22O4/c15-12(16)14(9-13(17)5-1-2-6-13)7-8-18-11(14)10-3-4-10/h10-11,17H,1-9H2,(H,15,16). The summed E-state index contributed by atoms with van der Waals surface area (Å²) in [5, 5.41) is 20.3. The van der Waals surface area contributed by atoms with Crippen molar-refractivity contribution in [2.45, 2.75) is 63.1 Å². The van der Waals surface area contributed by atoms with Crippen LogP contribution in [0.3, 0.4) is 0 Å². The topological polar surface area (TPSA) is 66.8 Å². The molecular weight excluding hydrogens is 232 g/mol. The Morgan fingerprint density at radius 2 is 1.89 bits per heavy atom. The summed E-state index contributed by atoms with van der Waals surface area (Å²) in [5.74, 6) is -0.356. The van der Waals surface area contributed by atoms with Gasteiger partial charge in [-0.1, -0.05) is 12.8 Å². The van der Waals surface area contributed by atoms with Crippen molar-refractivity contribution in [2.24, 2.45) is 11.3 Å². The van der Waals surface area contributed by atoms with E-state index in [1.54, 1.807) is 0 Å². The first-order chi connectivity index (χ1) is 8.56. The van der Waals surface area contributed by atoms with Gasteiger partial charge in [-0.05, 0) is 44.4 Å². The highest BCUT2D eigenvalue weighted by atomic mass is 16.5. The van der Waals surface area contributed by atoms with Gasteiger partial charge in [0.15, 0.2) is 0 Å². The fourth-order valence-electron chi connectivity index (χ4n) is 3.95. The number of hydrogen-bond acceptors (Lipinski definition) is 3. The van der Waals surface area contributed by atoms with Crippen LogP contribution in [-0.2, 0) is 9.53 Å². The minimum Gasteiger partial charge on any atom is -0.481 e. The molecule has 0 amide bonds. The fourth-order valence-corrected chi connectivity index (χ4v) is 3.95. The Balaban J connectivity index is 1.84. The average molecular weight is 254 g/mol. The van der Waals surface area contributed by atoms with Gasteiger partial charge in [-0.2, -0.15) is 0 Å². The van der Waals surface area contributed by atoms with E-state index in [0.717, 1.165) is 38.5 Å². The molecule has 2 N–H and O–H groups in total. The molecule has 102 valence electrons. The van der Waals surface area contributed by atoms with Crippen molar-refractivity contribution in [3.8, 4) is 0 Å². The van der Waals surface area contributed by atoms with Gasteiger partial charge in [0.2, 0.25) is 0 Å². The SMILES string of the molecule is O=C(O)C1(CC2(O)CCCC2)CCOC1C1CC1. The van der Waals surface area contributed by atoms with Gasteiger partial charge in [0.25, 0.3) is 0 Å². The number of ether oxygens (including phenoxy) is 1. The molecule has 2 saturated carbocycles. The largest absolute Gasteiger partial charge is 0.481 e. The van der Waals surface area contributed by atoms with Crippen LogP contribution in [0.1, 0.15) is 51.4 Å². The molecule has 0 bridgehead atoms. The van der Waals surface area contributed by atoms with Crippen molar-refractivity contribution in [2.75, 3.05) is 6.61 Å². The summed E-state index contributed by atoms with van der Waals surface area (Å²) in [7, 11) is 0. The highest BCUT2D eigenvalue weighted by Gasteiger charge is 2.58. The molecule has 3 fully saturated rings. The molecule has 1 saturated heterocycles. The average Bonchev–Trinajstić information content (AvgIpc) is 2.94. The van der Waals surface area contributed by atoms with E-state index < -0.39 is 17.0 Å². The summed E-state index contributed by atoms with van der Waals surface area (Å²) in [6, 6.07) is 0. The second-order valence-corrected chi connectivity index (χ2v) is 6.45. The summed E-state index contributed by atoms with van der Waals surface area (Å²) in [6.45, 7) is 0.531.